The molecule has 1 fully saturated rings. The number of methoxy groups -OCH3 is 2. The topological polar surface area (TPSA) is 89.9 Å². The van der Waals surface area contributed by atoms with Crippen LogP contribution in [0.1, 0.15) is 42.4 Å². The van der Waals surface area contributed by atoms with Crippen molar-refractivity contribution in [2.24, 2.45) is 16.1 Å². The van der Waals surface area contributed by atoms with Crippen molar-refractivity contribution in [3.05, 3.63) is 53.1 Å². The van der Waals surface area contributed by atoms with Gasteiger partial charge >= 0.3 is 0 Å². The first kappa shape index (κ1) is 21.9. The Morgan fingerprint density at radius 2 is 1.88 bits per heavy atom. The SMILES string of the molecule is [B]C1([B])OC(N)=NC12c1cc(-c3cc(C#N)cc(OC)c3)ccc1CC21CCC(OC)CC1. The fourth-order valence-electron chi connectivity index (χ4n) is 6.22. The Kier molecular flexibility index (Phi) is 5.02. The van der Waals surface area contributed by atoms with Gasteiger partial charge in [-0.25, -0.2) is 4.99 Å². The van der Waals surface area contributed by atoms with Gasteiger partial charge in [0.15, 0.2) is 0 Å². The second-order valence-corrected chi connectivity index (χ2v) is 9.38. The molecule has 0 amide bonds. The van der Waals surface area contributed by atoms with Crippen LogP contribution in [0.2, 0.25) is 0 Å². The molecule has 164 valence electrons. The Balaban J connectivity index is 1.68. The van der Waals surface area contributed by atoms with Crippen molar-refractivity contribution in [2.75, 3.05) is 14.2 Å². The molecule has 6 nitrogen and oxygen atoms in total. The third-order valence-electron chi connectivity index (χ3n) is 7.74. The molecule has 0 aromatic heterocycles. The first-order valence-corrected chi connectivity index (χ1v) is 11.2. The van der Waals surface area contributed by atoms with Crippen LogP contribution in [-0.2, 0) is 21.4 Å². The molecule has 1 atom stereocenters. The van der Waals surface area contributed by atoms with Gasteiger partial charge in [0.25, 0.3) is 6.02 Å². The summed E-state index contributed by atoms with van der Waals surface area (Å²) in [6.45, 7) is 0. The number of ether oxygens (including phenoxy) is 3. The molecule has 2 spiro atoms. The highest BCUT2D eigenvalue weighted by Gasteiger charge is 2.67. The van der Waals surface area contributed by atoms with E-state index in [9.17, 15) is 5.26 Å². The molecule has 1 heterocycles. The first-order valence-electron chi connectivity index (χ1n) is 11.2. The van der Waals surface area contributed by atoms with Gasteiger partial charge in [-0.1, -0.05) is 12.1 Å². The predicted molar refractivity (Wildman–Crippen MR) is 127 cm³/mol. The molecule has 2 aliphatic carbocycles. The van der Waals surface area contributed by atoms with Gasteiger partial charge in [-0.2, -0.15) is 5.26 Å². The van der Waals surface area contributed by atoms with Gasteiger partial charge in [0.05, 0.1) is 30.2 Å². The van der Waals surface area contributed by atoms with Crippen molar-refractivity contribution in [1.82, 2.24) is 0 Å². The van der Waals surface area contributed by atoms with E-state index in [1.807, 2.05) is 12.1 Å². The number of rotatable bonds is 3. The van der Waals surface area contributed by atoms with Crippen LogP contribution >= 0.6 is 0 Å². The van der Waals surface area contributed by atoms with E-state index >= 15 is 0 Å². The van der Waals surface area contributed by atoms with E-state index in [1.54, 1.807) is 20.3 Å². The molecular weight excluding hydrogens is 412 g/mol. The minimum Gasteiger partial charge on any atom is -0.497 e. The maximum atomic E-state index is 9.46. The summed E-state index contributed by atoms with van der Waals surface area (Å²) >= 11 is 0. The Labute approximate surface area is 196 Å². The lowest BCUT2D eigenvalue weighted by Gasteiger charge is -2.52. The van der Waals surface area contributed by atoms with Gasteiger partial charge in [0.2, 0.25) is 0 Å². The Bertz CT molecular complexity index is 1180. The van der Waals surface area contributed by atoms with Gasteiger partial charge in [0, 0.05) is 12.5 Å². The van der Waals surface area contributed by atoms with Crippen LogP contribution in [0.3, 0.4) is 0 Å². The highest BCUT2D eigenvalue weighted by Crippen LogP contribution is 2.65. The summed E-state index contributed by atoms with van der Waals surface area (Å²) in [5.41, 5.74) is 9.13. The number of nitrogens with zero attached hydrogens (tertiary/aromatic N) is 2. The zero-order valence-electron chi connectivity index (χ0n) is 18.9. The molecule has 0 saturated heterocycles. The van der Waals surface area contributed by atoms with E-state index in [0.29, 0.717) is 11.3 Å². The molecule has 4 radical (unpaired) electrons. The van der Waals surface area contributed by atoms with Gasteiger partial charge in [-0.05, 0) is 78.6 Å². The van der Waals surface area contributed by atoms with E-state index in [2.05, 4.69) is 24.3 Å². The van der Waals surface area contributed by atoms with E-state index in [-0.39, 0.29) is 17.5 Å². The molecule has 2 aromatic rings. The third kappa shape index (κ3) is 3.09. The van der Waals surface area contributed by atoms with Crippen molar-refractivity contribution in [3.63, 3.8) is 0 Å². The van der Waals surface area contributed by atoms with Gasteiger partial charge in [0.1, 0.15) is 27.0 Å². The monoisotopic (exact) mass is 437 g/mol. The standard InChI is InChI=1S/C25H25B2N3O3/c1-31-19-5-7-23(8-6-19)13-17-4-3-16(18-9-15(14-28)10-20(11-18)32-2)12-21(17)24(23)25(26,27)33-22(29)30-24/h3-4,9-12,19H,5-8,13H2,1-2H3,(H2,29,30). The van der Waals surface area contributed by atoms with Crippen molar-refractivity contribution in [2.45, 2.75) is 49.1 Å². The summed E-state index contributed by atoms with van der Waals surface area (Å²) in [5, 5.41) is 7.88. The van der Waals surface area contributed by atoms with Crippen LogP contribution in [0.5, 0.6) is 5.75 Å². The van der Waals surface area contributed by atoms with Crippen LogP contribution in [0.15, 0.2) is 41.4 Å². The van der Waals surface area contributed by atoms with Crippen LogP contribution in [0, 0.1) is 16.7 Å². The molecule has 2 N–H and O–H groups in total. The zero-order chi connectivity index (χ0) is 23.4. The summed E-state index contributed by atoms with van der Waals surface area (Å²) < 4.78 is 16.8. The number of benzene rings is 2. The Hall–Kier alpha value is -2.91. The predicted octanol–water partition coefficient (Wildman–Crippen LogP) is 2.90. The quantitative estimate of drug-likeness (QED) is 0.747. The number of aliphatic imine (C=N–C) groups is 1. The molecule has 1 saturated carbocycles. The number of amidine groups is 1. The molecule has 2 aromatic carbocycles. The minimum atomic E-state index is -1.58. The lowest BCUT2D eigenvalue weighted by molar-refractivity contribution is -0.0256. The molecule has 1 aliphatic heterocycles. The molecule has 1 unspecified atom stereocenters. The van der Waals surface area contributed by atoms with Crippen LogP contribution < -0.4 is 10.5 Å². The minimum absolute atomic E-state index is 0.0136. The van der Waals surface area contributed by atoms with Gasteiger partial charge < -0.3 is 19.9 Å². The van der Waals surface area contributed by atoms with Gasteiger partial charge in [-0.15, -0.1) is 0 Å². The average molecular weight is 437 g/mol. The van der Waals surface area contributed by atoms with E-state index < -0.39 is 10.9 Å². The Morgan fingerprint density at radius 3 is 2.48 bits per heavy atom. The number of hydrogen-bond acceptors (Lipinski definition) is 6. The summed E-state index contributed by atoms with van der Waals surface area (Å²) in [6.07, 6.45) is 4.49. The van der Waals surface area contributed by atoms with Crippen molar-refractivity contribution >= 4 is 21.7 Å². The van der Waals surface area contributed by atoms with Gasteiger partial charge in [-0.3, -0.25) is 0 Å². The third-order valence-corrected chi connectivity index (χ3v) is 7.74. The smallest absolute Gasteiger partial charge is 0.281 e. The number of nitriles is 1. The van der Waals surface area contributed by atoms with Crippen molar-refractivity contribution in [3.8, 4) is 22.9 Å². The van der Waals surface area contributed by atoms with Crippen molar-refractivity contribution in [1.29, 1.82) is 5.26 Å². The summed E-state index contributed by atoms with van der Waals surface area (Å²) in [7, 11) is 16.6. The fraction of sp³-hybridized carbons (Fsp3) is 0.440. The molecule has 0 bridgehead atoms. The second-order valence-electron chi connectivity index (χ2n) is 9.38. The maximum Gasteiger partial charge on any atom is 0.281 e. The first-order chi connectivity index (χ1) is 15.8. The molecule has 3 aliphatic rings. The summed E-state index contributed by atoms with van der Waals surface area (Å²) in [4.78, 5) is 4.85. The molecule has 5 rings (SSSR count). The molecule has 8 heteroatoms. The molecular formula is C25H25B2N3O3. The van der Waals surface area contributed by atoms with Crippen molar-refractivity contribution < 1.29 is 14.2 Å². The lowest BCUT2D eigenvalue weighted by atomic mass is 9.45. The lowest BCUT2D eigenvalue weighted by Crippen LogP contribution is -2.59. The largest absolute Gasteiger partial charge is 0.497 e. The number of fused-ring (bicyclic) bond motifs is 3. The van der Waals surface area contributed by atoms with E-state index in [0.717, 1.165) is 54.4 Å². The van der Waals surface area contributed by atoms with Crippen LogP contribution in [0.25, 0.3) is 11.1 Å². The Morgan fingerprint density at radius 1 is 1.12 bits per heavy atom. The summed E-state index contributed by atoms with van der Waals surface area (Å²) in [5.74, 6) is 0.618. The normalized spacial score (nSPS) is 29.4. The highest BCUT2D eigenvalue weighted by atomic mass is 16.5. The highest BCUT2D eigenvalue weighted by molar-refractivity contribution is 6.41. The van der Waals surface area contributed by atoms with Crippen LogP contribution in [-0.4, -0.2) is 47.4 Å². The average Bonchev–Trinajstić information content (AvgIpc) is 3.23. The van der Waals surface area contributed by atoms with E-state index in [4.69, 9.17) is 40.6 Å². The van der Waals surface area contributed by atoms with E-state index in [1.165, 1.54) is 0 Å². The number of hydrogen-bond donors (Lipinski definition) is 1. The van der Waals surface area contributed by atoms with Crippen LogP contribution in [0.4, 0.5) is 0 Å². The fourth-order valence-corrected chi connectivity index (χ4v) is 6.22. The number of nitrogens with two attached hydrogens (primary N) is 1. The molecule has 33 heavy (non-hydrogen) atoms. The second kappa shape index (κ2) is 7.56. The maximum absolute atomic E-state index is 9.46. The summed E-state index contributed by atoms with van der Waals surface area (Å²) in [6, 6.07) is 13.9. The zero-order valence-corrected chi connectivity index (χ0v) is 18.9.